The summed E-state index contributed by atoms with van der Waals surface area (Å²) in [5.41, 5.74) is 5.79. The van der Waals surface area contributed by atoms with Crippen LogP contribution in [0.1, 0.15) is 32.6 Å². The predicted molar refractivity (Wildman–Crippen MR) is 167 cm³/mol. The van der Waals surface area contributed by atoms with Crippen molar-refractivity contribution < 1.29 is 13.2 Å². The number of benzene rings is 4. The molecule has 0 aromatic heterocycles. The molecule has 0 spiro atoms. The van der Waals surface area contributed by atoms with Gasteiger partial charge in [0.15, 0.2) is 0 Å². The molecule has 212 valence electrons. The van der Waals surface area contributed by atoms with Crippen molar-refractivity contribution in [2.24, 2.45) is 0 Å². The van der Waals surface area contributed by atoms with Gasteiger partial charge in [-0.15, -0.1) is 11.8 Å². The van der Waals surface area contributed by atoms with E-state index in [4.69, 9.17) is 0 Å². The molecule has 0 unspecified atom stereocenters. The number of carbonyl (C=O) groups excluding carboxylic acids is 1. The molecule has 8 heteroatoms. The van der Waals surface area contributed by atoms with Gasteiger partial charge in [-0.05, 0) is 73.0 Å². The molecule has 0 atom stereocenters. The fourth-order valence-electron chi connectivity index (χ4n) is 4.84. The van der Waals surface area contributed by atoms with E-state index in [0.29, 0.717) is 43.2 Å². The van der Waals surface area contributed by atoms with Gasteiger partial charge in [0.25, 0.3) is 5.91 Å². The zero-order chi connectivity index (χ0) is 28.8. The van der Waals surface area contributed by atoms with Crippen LogP contribution in [0.3, 0.4) is 0 Å². The molecule has 0 radical (unpaired) electrons. The van der Waals surface area contributed by atoms with E-state index < -0.39 is 10.0 Å². The number of carbonyl (C=O) groups is 1. The first-order chi connectivity index (χ1) is 19.8. The zero-order valence-electron chi connectivity index (χ0n) is 23.4. The number of nitrogens with zero attached hydrogens (tertiary/aromatic N) is 2. The Labute approximate surface area is 247 Å². The summed E-state index contributed by atoms with van der Waals surface area (Å²) in [6.07, 6.45) is 0. The SMILES string of the molecule is Cc1ccc(S(=O)(=O)N2CCN(Cc3ccc(C(=O)Nc4ccc(CSc5ccccc5)cc4C)cc3)CC2)cc1. The largest absolute Gasteiger partial charge is 0.322 e. The second-order valence-corrected chi connectivity index (χ2v) is 13.4. The average Bonchev–Trinajstić information content (AvgIpc) is 2.99. The van der Waals surface area contributed by atoms with Gasteiger partial charge in [-0.3, -0.25) is 9.69 Å². The van der Waals surface area contributed by atoms with Gasteiger partial charge >= 0.3 is 0 Å². The van der Waals surface area contributed by atoms with Crippen LogP contribution in [0.4, 0.5) is 5.69 Å². The summed E-state index contributed by atoms with van der Waals surface area (Å²) < 4.78 is 27.5. The lowest BCUT2D eigenvalue weighted by Crippen LogP contribution is -2.48. The summed E-state index contributed by atoms with van der Waals surface area (Å²) in [6.45, 7) is 6.91. The third kappa shape index (κ3) is 7.45. The zero-order valence-corrected chi connectivity index (χ0v) is 25.0. The van der Waals surface area contributed by atoms with Gasteiger partial charge in [0.05, 0.1) is 4.90 Å². The van der Waals surface area contributed by atoms with Gasteiger partial charge in [0.2, 0.25) is 10.0 Å². The van der Waals surface area contributed by atoms with Crippen LogP contribution in [0, 0.1) is 13.8 Å². The van der Waals surface area contributed by atoms with Crippen molar-refractivity contribution in [3.63, 3.8) is 0 Å². The molecule has 6 nitrogen and oxygen atoms in total. The summed E-state index contributed by atoms with van der Waals surface area (Å²) in [5, 5.41) is 3.05. The molecule has 4 aromatic rings. The summed E-state index contributed by atoms with van der Waals surface area (Å²) in [6, 6.07) is 31.2. The Morgan fingerprint density at radius 3 is 2.12 bits per heavy atom. The van der Waals surface area contributed by atoms with Crippen LogP contribution >= 0.6 is 11.8 Å². The molecule has 1 heterocycles. The highest BCUT2D eigenvalue weighted by atomic mass is 32.2. The highest BCUT2D eigenvalue weighted by Crippen LogP contribution is 2.25. The standard InChI is InChI=1S/C33H35N3O3S2/c1-25-8-15-31(16-9-25)41(38,39)36-20-18-35(19-21-36)23-27-10-13-29(14-11-27)33(37)34-32-17-12-28(22-26(32)2)24-40-30-6-4-3-5-7-30/h3-17,22H,18-21,23-24H2,1-2H3,(H,34,37). The van der Waals surface area contributed by atoms with Gasteiger partial charge in [-0.2, -0.15) is 4.31 Å². The average molecular weight is 586 g/mol. The first-order valence-corrected chi connectivity index (χ1v) is 16.2. The van der Waals surface area contributed by atoms with Crippen molar-refractivity contribution in [1.82, 2.24) is 9.21 Å². The van der Waals surface area contributed by atoms with Crippen molar-refractivity contribution in [1.29, 1.82) is 0 Å². The molecule has 1 aliphatic heterocycles. The van der Waals surface area contributed by atoms with E-state index in [1.54, 1.807) is 28.2 Å². The van der Waals surface area contributed by atoms with Crippen LogP contribution < -0.4 is 5.32 Å². The van der Waals surface area contributed by atoms with Crippen LogP contribution in [-0.4, -0.2) is 49.7 Å². The number of sulfonamides is 1. The summed E-state index contributed by atoms with van der Waals surface area (Å²) in [5.74, 6) is 0.735. The fraction of sp³-hybridized carbons (Fsp3) is 0.242. The lowest BCUT2D eigenvalue weighted by molar-refractivity contribution is 0.102. The van der Waals surface area contributed by atoms with Crippen molar-refractivity contribution in [2.45, 2.75) is 35.9 Å². The number of hydrogen-bond donors (Lipinski definition) is 1. The molecule has 0 bridgehead atoms. The summed E-state index contributed by atoms with van der Waals surface area (Å²) >= 11 is 1.79. The lowest BCUT2D eigenvalue weighted by Gasteiger charge is -2.34. The Morgan fingerprint density at radius 2 is 1.46 bits per heavy atom. The third-order valence-corrected chi connectivity index (χ3v) is 10.3. The molecule has 1 aliphatic rings. The Morgan fingerprint density at radius 1 is 0.805 bits per heavy atom. The van der Waals surface area contributed by atoms with E-state index in [1.807, 2.05) is 74.5 Å². The quantitative estimate of drug-likeness (QED) is 0.232. The lowest BCUT2D eigenvalue weighted by atomic mass is 10.1. The molecule has 1 saturated heterocycles. The molecule has 4 aromatic carbocycles. The summed E-state index contributed by atoms with van der Waals surface area (Å²) in [4.78, 5) is 16.8. The molecule has 1 fully saturated rings. The molecule has 1 amide bonds. The smallest absolute Gasteiger partial charge is 0.255 e. The van der Waals surface area contributed by atoms with E-state index in [9.17, 15) is 13.2 Å². The normalized spacial score (nSPS) is 14.6. The Kier molecular flexibility index (Phi) is 9.25. The number of nitrogens with one attached hydrogen (secondary N) is 1. The first kappa shape index (κ1) is 29.1. The van der Waals surface area contributed by atoms with E-state index in [1.165, 1.54) is 10.5 Å². The third-order valence-electron chi connectivity index (χ3n) is 7.30. The minimum absolute atomic E-state index is 0.138. The molecule has 0 aliphatic carbocycles. The number of rotatable bonds is 9. The number of aryl methyl sites for hydroxylation is 2. The maximum Gasteiger partial charge on any atom is 0.255 e. The highest BCUT2D eigenvalue weighted by Gasteiger charge is 2.28. The second-order valence-electron chi connectivity index (χ2n) is 10.4. The Balaban J connectivity index is 1.11. The number of piperazine rings is 1. The number of thioether (sulfide) groups is 1. The molecule has 5 rings (SSSR count). The van der Waals surface area contributed by atoms with Gasteiger partial charge in [0.1, 0.15) is 0 Å². The van der Waals surface area contributed by atoms with Crippen LogP contribution in [0.5, 0.6) is 0 Å². The maximum absolute atomic E-state index is 13.0. The maximum atomic E-state index is 13.0. The fourth-order valence-corrected chi connectivity index (χ4v) is 7.13. The molecule has 0 saturated carbocycles. The second kappa shape index (κ2) is 13.0. The van der Waals surface area contributed by atoms with Gasteiger partial charge < -0.3 is 5.32 Å². The van der Waals surface area contributed by atoms with E-state index in [2.05, 4.69) is 34.5 Å². The van der Waals surface area contributed by atoms with Crippen LogP contribution in [0.15, 0.2) is 107 Å². The van der Waals surface area contributed by atoms with Gasteiger partial charge in [0, 0.05) is 54.6 Å². The van der Waals surface area contributed by atoms with Crippen LogP contribution in [-0.2, 0) is 22.3 Å². The number of hydrogen-bond acceptors (Lipinski definition) is 5. The van der Waals surface area contributed by atoms with Crippen LogP contribution in [0.2, 0.25) is 0 Å². The molecular formula is C33H35N3O3S2. The molecule has 1 N–H and O–H groups in total. The molecular weight excluding hydrogens is 551 g/mol. The number of amides is 1. The van der Waals surface area contributed by atoms with E-state index >= 15 is 0 Å². The van der Waals surface area contributed by atoms with Crippen molar-refractivity contribution in [3.05, 3.63) is 125 Å². The minimum Gasteiger partial charge on any atom is -0.322 e. The summed E-state index contributed by atoms with van der Waals surface area (Å²) in [7, 11) is -3.48. The van der Waals surface area contributed by atoms with Gasteiger partial charge in [-0.1, -0.05) is 60.2 Å². The molecule has 41 heavy (non-hydrogen) atoms. The monoisotopic (exact) mass is 585 g/mol. The van der Waals surface area contributed by atoms with E-state index in [-0.39, 0.29) is 5.91 Å². The van der Waals surface area contributed by atoms with Gasteiger partial charge in [-0.25, -0.2) is 8.42 Å². The van der Waals surface area contributed by atoms with E-state index in [0.717, 1.165) is 28.1 Å². The topological polar surface area (TPSA) is 69.7 Å². The minimum atomic E-state index is -3.48. The highest BCUT2D eigenvalue weighted by molar-refractivity contribution is 7.98. The van der Waals surface area contributed by atoms with Crippen molar-refractivity contribution in [3.8, 4) is 0 Å². The number of anilines is 1. The first-order valence-electron chi connectivity index (χ1n) is 13.7. The Hall–Kier alpha value is -3.43. The van der Waals surface area contributed by atoms with Crippen molar-refractivity contribution in [2.75, 3.05) is 31.5 Å². The van der Waals surface area contributed by atoms with Crippen LogP contribution in [0.25, 0.3) is 0 Å². The Bertz CT molecular complexity index is 1580. The van der Waals surface area contributed by atoms with Crippen molar-refractivity contribution >= 4 is 33.4 Å². The predicted octanol–water partition coefficient (Wildman–Crippen LogP) is 6.35.